The molecular formula is C20H20N2O3S. The van der Waals surface area contributed by atoms with Gasteiger partial charge in [-0.2, -0.15) is 0 Å². The van der Waals surface area contributed by atoms with Crippen LogP contribution in [-0.2, 0) is 9.53 Å². The zero-order valence-electron chi connectivity index (χ0n) is 14.9. The van der Waals surface area contributed by atoms with E-state index in [0.717, 1.165) is 5.69 Å². The Labute approximate surface area is 156 Å². The lowest BCUT2D eigenvalue weighted by atomic mass is 10.0. The molecule has 3 rings (SSSR count). The second kappa shape index (κ2) is 7.74. The topological polar surface area (TPSA) is 61.2 Å². The van der Waals surface area contributed by atoms with E-state index < -0.39 is 0 Å². The number of aromatic nitrogens is 2. The second-order valence-corrected chi connectivity index (χ2v) is 7.11. The predicted octanol–water partition coefficient (Wildman–Crippen LogP) is 3.77. The molecule has 1 heterocycles. The van der Waals surface area contributed by atoms with Gasteiger partial charge in [0.2, 0.25) is 0 Å². The van der Waals surface area contributed by atoms with Gasteiger partial charge in [-0.15, -0.1) is 0 Å². The average Bonchev–Trinajstić information content (AvgIpc) is 2.66. The second-order valence-electron chi connectivity index (χ2n) is 6.16. The minimum absolute atomic E-state index is 0.0886. The van der Waals surface area contributed by atoms with Gasteiger partial charge in [-0.1, -0.05) is 49.9 Å². The summed E-state index contributed by atoms with van der Waals surface area (Å²) in [5, 5.41) is 1.01. The number of rotatable bonds is 5. The molecule has 6 heteroatoms. The summed E-state index contributed by atoms with van der Waals surface area (Å²) in [6.45, 7) is 4.24. The highest BCUT2D eigenvalue weighted by Gasteiger charge is 2.15. The van der Waals surface area contributed by atoms with Crippen LogP contribution in [0.15, 0.2) is 58.5 Å². The van der Waals surface area contributed by atoms with E-state index in [-0.39, 0.29) is 17.3 Å². The van der Waals surface area contributed by atoms with Crippen LogP contribution in [0, 0.1) is 0 Å². The Morgan fingerprint density at radius 1 is 1.15 bits per heavy atom. The number of fused-ring (bicyclic) bond motifs is 1. The molecule has 26 heavy (non-hydrogen) atoms. The van der Waals surface area contributed by atoms with Crippen molar-refractivity contribution >= 4 is 28.6 Å². The summed E-state index contributed by atoms with van der Waals surface area (Å²) in [7, 11) is 1.34. The third-order valence-corrected chi connectivity index (χ3v) is 5.02. The zero-order chi connectivity index (χ0) is 18.7. The number of esters is 1. The van der Waals surface area contributed by atoms with E-state index in [9.17, 15) is 9.59 Å². The third kappa shape index (κ3) is 3.65. The van der Waals surface area contributed by atoms with Crippen LogP contribution in [0.2, 0.25) is 0 Å². The maximum atomic E-state index is 13.1. The lowest BCUT2D eigenvalue weighted by molar-refractivity contribution is -0.137. The summed E-state index contributed by atoms with van der Waals surface area (Å²) in [6, 6.07) is 15.1. The number of hydrogen-bond donors (Lipinski definition) is 0. The Kier molecular flexibility index (Phi) is 5.42. The summed E-state index contributed by atoms with van der Waals surface area (Å²) in [5.74, 6) is 0.133. The van der Waals surface area contributed by atoms with Crippen LogP contribution < -0.4 is 5.56 Å². The van der Waals surface area contributed by atoms with Crippen molar-refractivity contribution in [2.24, 2.45) is 0 Å². The van der Waals surface area contributed by atoms with Gasteiger partial charge in [0.15, 0.2) is 5.16 Å². The van der Waals surface area contributed by atoms with Gasteiger partial charge in [0.25, 0.3) is 5.56 Å². The fourth-order valence-electron chi connectivity index (χ4n) is 2.63. The van der Waals surface area contributed by atoms with Crippen LogP contribution in [0.3, 0.4) is 0 Å². The summed E-state index contributed by atoms with van der Waals surface area (Å²) in [6.07, 6.45) is 0. The first-order chi connectivity index (χ1) is 12.5. The predicted molar refractivity (Wildman–Crippen MR) is 104 cm³/mol. The van der Waals surface area contributed by atoms with Gasteiger partial charge >= 0.3 is 5.97 Å². The molecule has 0 aliphatic carbocycles. The number of para-hydroxylation sites is 1. The van der Waals surface area contributed by atoms with E-state index in [1.54, 1.807) is 16.7 Å². The normalized spacial score (nSPS) is 11.1. The standard InChI is InChI=1S/C20H20N2O3S/c1-13(2)14-8-10-15(11-9-14)22-19(24)16-6-4-5-7-17(16)21-20(22)26-12-18(23)25-3/h4-11,13H,12H2,1-3H3. The van der Waals surface area contributed by atoms with Crippen LogP contribution in [0.25, 0.3) is 16.6 Å². The molecule has 0 aliphatic heterocycles. The Balaban J connectivity index is 2.15. The van der Waals surface area contributed by atoms with Gasteiger partial charge in [-0.25, -0.2) is 4.98 Å². The van der Waals surface area contributed by atoms with Crippen LogP contribution in [-0.4, -0.2) is 28.4 Å². The van der Waals surface area contributed by atoms with Crippen molar-refractivity contribution in [3.8, 4) is 5.69 Å². The van der Waals surface area contributed by atoms with Crippen LogP contribution in [0.1, 0.15) is 25.3 Å². The van der Waals surface area contributed by atoms with Crippen LogP contribution in [0.4, 0.5) is 0 Å². The molecule has 134 valence electrons. The van der Waals surface area contributed by atoms with Crippen molar-refractivity contribution in [2.75, 3.05) is 12.9 Å². The van der Waals surface area contributed by atoms with E-state index in [1.165, 1.54) is 24.4 Å². The van der Waals surface area contributed by atoms with E-state index in [2.05, 4.69) is 18.8 Å². The lowest BCUT2D eigenvalue weighted by Gasteiger charge is -2.14. The number of methoxy groups -OCH3 is 1. The Morgan fingerprint density at radius 3 is 2.50 bits per heavy atom. The number of ether oxygens (including phenoxy) is 1. The molecule has 0 atom stereocenters. The molecule has 0 spiro atoms. The van der Waals surface area contributed by atoms with Gasteiger partial charge in [-0.05, 0) is 35.7 Å². The molecule has 0 amide bonds. The Bertz CT molecular complexity index is 994. The molecule has 1 aromatic heterocycles. The number of benzene rings is 2. The van der Waals surface area contributed by atoms with Gasteiger partial charge < -0.3 is 4.74 Å². The largest absolute Gasteiger partial charge is 0.468 e. The van der Waals surface area contributed by atoms with Gasteiger partial charge in [-0.3, -0.25) is 14.2 Å². The van der Waals surface area contributed by atoms with Crippen LogP contribution >= 0.6 is 11.8 Å². The van der Waals surface area contributed by atoms with Crippen molar-refractivity contribution in [1.82, 2.24) is 9.55 Å². The molecular weight excluding hydrogens is 348 g/mol. The Hall–Kier alpha value is -2.60. The maximum absolute atomic E-state index is 13.1. The van der Waals surface area contributed by atoms with Gasteiger partial charge in [0.1, 0.15) is 0 Å². The van der Waals surface area contributed by atoms with E-state index >= 15 is 0 Å². The van der Waals surface area contributed by atoms with E-state index in [4.69, 9.17) is 4.74 Å². The first-order valence-electron chi connectivity index (χ1n) is 8.33. The zero-order valence-corrected chi connectivity index (χ0v) is 15.7. The summed E-state index contributed by atoms with van der Waals surface area (Å²) in [5.41, 5.74) is 2.38. The minimum Gasteiger partial charge on any atom is -0.468 e. The minimum atomic E-state index is -0.362. The molecule has 0 N–H and O–H groups in total. The highest BCUT2D eigenvalue weighted by Crippen LogP contribution is 2.23. The lowest BCUT2D eigenvalue weighted by Crippen LogP contribution is -2.22. The molecule has 0 saturated carbocycles. The highest BCUT2D eigenvalue weighted by atomic mass is 32.2. The first-order valence-corrected chi connectivity index (χ1v) is 9.31. The molecule has 2 aromatic carbocycles. The Morgan fingerprint density at radius 2 is 1.85 bits per heavy atom. The molecule has 0 bridgehead atoms. The molecule has 3 aromatic rings. The first kappa shape index (κ1) is 18.2. The highest BCUT2D eigenvalue weighted by molar-refractivity contribution is 7.99. The summed E-state index contributed by atoms with van der Waals surface area (Å²) >= 11 is 1.19. The maximum Gasteiger partial charge on any atom is 0.316 e. The van der Waals surface area contributed by atoms with Crippen molar-refractivity contribution in [2.45, 2.75) is 24.9 Å². The molecule has 0 aliphatic rings. The molecule has 0 fully saturated rings. The van der Waals surface area contributed by atoms with E-state index in [0.29, 0.717) is 22.0 Å². The number of carbonyl (C=O) groups is 1. The number of carbonyl (C=O) groups excluding carboxylic acids is 1. The van der Waals surface area contributed by atoms with Crippen molar-refractivity contribution in [3.05, 3.63) is 64.4 Å². The van der Waals surface area contributed by atoms with Gasteiger partial charge in [0.05, 0.1) is 29.5 Å². The number of hydrogen-bond acceptors (Lipinski definition) is 5. The summed E-state index contributed by atoms with van der Waals surface area (Å²) in [4.78, 5) is 29.2. The molecule has 0 unspecified atom stereocenters. The SMILES string of the molecule is COC(=O)CSc1nc2ccccc2c(=O)n1-c1ccc(C(C)C)cc1. The van der Waals surface area contributed by atoms with Crippen molar-refractivity contribution in [1.29, 1.82) is 0 Å². The summed E-state index contributed by atoms with van der Waals surface area (Å²) < 4.78 is 6.26. The van der Waals surface area contributed by atoms with Crippen molar-refractivity contribution in [3.63, 3.8) is 0 Å². The monoisotopic (exact) mass is 368 g/mol. The number of nitrogens with zero attached hydrogens (tertiary/aromatic N) is 2. The van der Waals surface area contributed by atoms with Gasteiger partial charge in [0, 0.05) is 0 Å². The number of thioether (sulfide) groups is 1. The smallest absolute Gasteiger partial charge is 0.316 e. The average molecular weight is 368 g/mol. The van der Waals surface area contributed by atoms with E-state index in [1.807, 2.05) is 36.4 Å². The fourth-order valence-corrected chi connectivity index (χ4v) is 3.47. The molecule has 5 nitrogen and oxygen atoms in total. The molecule has 0 saturated heterocycles. The molecule has 0 radical (unpaired) electrons. The third-order valence-electron chi connectivity index (χ3n) is 4.11. The quantitative estimate of drug-likeness (QED) is 0.390. The fraction of sp³-hybridized carbons (Fsp3) is 0.250. The van der Waals surface area contributed by atoms with Crippen molar-refractivity contribution < 1.29 is 9.53 Å². The van der Waals surface area contributed by atoms with Crippen LogP contribution in [0.5, 0.6) is 0 Å².